The molecule has 0 saturated carbocycles. The minimum Gasteiger partial charge on any atom is -0.303 e. The molecule has 0 radical (unpaired) electrons. The summed E-state index contributed by atoms with van der Waals surface area (Å²) in [6, 6.07) is 8.64. The van der Waals surface area contributed by atoms with Crippen LogP contribution < -0.4 is 18.9 Å². The molecule has 0 saturated heterocycles. The molecule has 1 aromatic carbocycles. The summed E-state index contributed by atoms with van der Waals surface area (Å²) in [6.07, 6.45) is 0. The van der Waals surface area contributed by atoms with Crippen molar-refractivity contribution in [2.24, 2.45) is 0 Å². The standard InChI is InChI=1S/C8H7P2.Li/c1-6-9-7-4-2-3-5-8(7)10-6;/h2-5H,1H3;/q-1;+1. The predicted octanol–water partition coefficient (Wildman–Crippen LogP) is 1.03. The molecule has 0 fully saturated rings. The van der Waals surface area contributed by atoms with Gasteiger partial charge in [0.25, 0.3) is 0 Å². The van der Waals surface area contributed by atoms with Gasteiger partial charge in [0.2, 0.25) is 0 Å². The molecule has 0 spiro atoms. The van der Waals surface area contributed by atoms with Crippen molar-refractivity contribution < 1.29 is 18.9 Å². The number of fused-ring (bicyclic) bond motifs is 1. The molecule has 0 aliphatic carbocycles. The Morgan fingerprint density at radius 1 is 1.27 bits per heavy atom. The topological polar surface area (TPSA) is 0 Å². The summed E-state index contributed by atoms with van der Waals surface area (Å²) in [6.45, 7) is 2.21. The Labute approximate surface area is 81.8 Å². The number of aryl methyl sites for hydroxylation is 1. The molecule has 0 unspecified atom stereocenters. The first kappa shape index (κ1) is 9.38. The van der Waals surface area contributed by atoms with Gasteiger partial charge >= 0.3 is 18.9 Å². The molecule has 0 atom stereocenters. The SMILES string of the molecule is Cc1pc2ccccc2[p-]1.[Li+]. The molecule has 11 heavy (non-hydrogen) atoms. The zero-order chi connectivity index (χ0) is 6.97. The predicted molar refractivity (Wildman–Crippen MR) is 49.3 cm³/mol. The molecular weight excluding hydrogens is 165 g/mol. The van der Waals surface area contributed by atoms with Gasteiger partial charge in [-0.15, -0.1) is 10.2 Å². The van der Waals surface area contributed by atoms with Crippen molar-refractivity contribution in [1.82, 2.24) is 0 Å². The van der Waals surface area contributed by atoms with Crippen LogP contribution in [0.3, 0.4) is 0 Å². The van der Waals surface area contributed by atoms with E-state index < -0.39 is 0 Å². The van der Waals surface area contributed by atoms with Crippen molar-refractivity contribution in [2.45, 2.75) is 6.92 Å². The van der Waals surface area contributed by atoms with E-state index >= 15 is 0 Å². The van der Waals surface area contributed by atoms with Gasteiger partial charge < -0.3 is 16.4 Å². The van der Waals surface area contributed by atoms with Crippen molar-refractivity contribution in [3.63, 3.8) is 0 Å². The van der Waals surface area contributed by atoms with Crippen LogP contribution in [0.15, 0.2) is 24.3 Å². The van der Waals surface area contributed by atoms with Gasteiger partial charge in [0.05, 0.1) is 0 Å². The first-order chi connectivity index (χ1) is 4.86. The first-order valence-corrected chi connectivity index (χ1v) is 5.01. The normalized spacial score (nSPS) is 11.0. The van der Waals surface area contributed by atoms with Crippen LogP contribution in [0.4, 0.5) is 0 Å². The summed E-state index contributed by atoms with van der Waals surface area (Å²) in [5, 5.41) is 4.52. The van der Waals surface area contributed by atoms with Gasteiger partial charge in [-0.25, -0.2) is 0 Å². The summed E-state index contributed by atoms with van der Waals surface area (Å²) in [7, 11) is 2.85. The van der Waals surface area contributed by atoms with E-state index in [1.165, 1.54) is 26.6 Å². The van der Waals surface area contributed by atoms with Gasteiger partial charge in [-0.1, -0.05) is 31.2 Å². The Bertz CT molecular complexity index is 321. The van der Waals surface area contributed by atoms with E-state index in [0.717, 1.165) is 0 Å². The average Bonchev–Trinajstić information content (AvgIpc) is 2.27. The van der Waals surface area contributed by atoms with E-state index in [2.05, 4.69) is 31.2 Å². The molecule has 50 valence electrons. The van der Waals surface area contributed by atoms with Crippen molar-refractivity contribution in [3.05, 3.63) is 29.3 Å². The van der Waals surface area contributed by atoms with Crippen molar-refractivity contribution in [3.8, 4) is 0 Å². The van der Waals surface area contributed by atoms with Gasteiger partial charge in [0, 0.05) is 0 Å². The van der Waals surface area contributed by atoms with Gasteiger partial charge in [-0.3, -0.25) is 0 Å². The third-order valence-electron chi connectivity index (χ3n) is 1.45. The fraction of sp³-hybridized carbons (Fsp3) is 0.125. The molecule has 0 nitrogen and oxygen atoms in total. The zero-order valence-corrected chi connectivity index (χ0v) is 8.49. The summed E-state index contributed by atoms with van der Waals surface area (Å²) in [5.41, 5.74) is 0. The maximum absolute atomic E-state index is 2.21. The van der Waals surface area contributed by atoms with E-state index in [1.807, 2.05) is 0 Å². The number of benzene rings is 1. The number of hydrogen-bond donors (Lipinski definition) is 0. The quantitative estimate of drug-likeness (QED) is 0.520. The van der Waals surface area contributed by atoms with Gasteiger partial charge in [-0.2, -0.15) is 5.03 Å². The Balaban J connectivity index is 0.000000605. The third kappa shape index (κ3) is 1.90. The van der Waals surface area contributed by atoms with Crippen molar-refractivity contribution in [1.29, 1.82) is 0 Å². The molecular formula is C8H7LiP2. The zero-order valence-electron chi connectivity index (χ0n) is 6.70. The monoisotopic (exact) mass is 172 g/mol. The van der Waals surface area contributed by atoms with Crippen LogP contribution in [0.2, 0.25) is 0 Å². The van der Waals surface area contributed by atoms with Gasteiger partial charge in [-0.05, 0) is 0 Å². The molecule has 1 aromatic heterocycles. The van der Waals surface area contributed by atoms with Gasteiger partial charge in [0.15, 0.2) is 0 Å². The van der Waals surface area contributed by atoms with Crippen LogP contribution in [0.1, 0.15) is 5.03 Å². The van der Waals surface area contributed by atoms with Crippen molar-refractivity contribution in [2.75, 3.05) is 0 Å². The van der Waals surface area contributed by atoms with Gasteiger partial charge in [0.1, 0.15) is 0 Å². The van der Waals surface area contributed by atoms with Crippen LogP contribution in [0.5, 0.6) is 0 Å². The van der Waals surface area contributed by atoms with E-state index in [0.29, 0.717) is 0 Å². The third-order valence-corrected chi connectivity index (χ3v) is 4.13. The Kier molecular flexibility index (Phi) is 3.24. The molecule has 0 bridgehead atoms. The number of hydrogen-bond acceptors (Lipinski definition) is 0. The second-order valence-electron chi connectivity index (χ2n) is 2.26. The van der Waals surface area contributed by atoms with Crippen LogP contribution in [0, 0.1) is 6.92 Å². The molecule has 2 rings (SSSR count). The molecule has 0 aliphatic rings. The Morgan fingerprint density at radius 3 is 2.73 bits per heavy atom. The molecule has 1 heterocycles. The second kappa shape index (κ2) is 3.80. The largest absolute Gasteiger partial charge is 1.00 e. The van der Waals surface area contributed by atoms with Crippen LogP contribution in [0.25, 0.3) is 10.2 Å². The maximum Gasteiger partial charge on any atom is 1.00 e. The summed E-state index contributed by atoms with van der Waals surface area (Å²) in [4.78, 5) is 0. The molecule has 0 amide bonds. The second-order valence-corrected chi connectivity index (χ2v) is 5.36. The van der Waals surface area contributed by atoms with E-state index in [-0.39, 0.29) is 18.9 Å². The van der Waals surface area contributed by atoms with Crippen LogP contribution >= 0.6 is 16.4 Å². The summed E-state index contributed by atoms with van der Waals surface area (Å²) < 4.78 is 0. The minimum atomic E-state index is 0. The first-order valence-electron chi connectivity index (χ1n) is 3.22. The minimum absolute atomic E-state index is 0. The fourth-order valence-corrected chi connectivity index (χ4v) is 3.57. The average molecular weight is 172 g/mol. The molecule has 0 N–H and O–H groups in total. The molecule has 0 aliphatic heterocycles. The maximum atomic E-state index is 2.21. The summed E-state index contributed by atoms with van der Waals surface area (Å²) in [5.74, 6) is 0. The van der Waals surface area contributed by atoms with Crippen LogP contribution in [-0.4, -0.2) is 0 Å². The van der Waals surface area contributed by atoms with Crippen LogP contribution in [-0.2, 0) is 0 Å². The van der Waals surface area contributed by atoms with E-state index in [9.17, 15) is 0 Å². The molecule has 2 aromatic rings. The Hall–Kier alpha value is 0.287. The summed E-state index contributed by atoms with van der Waals surface area (Å²) >= 11 is 0. The number of rotatable bonds is 0. The van der Waals surface area contributed by atoms with Crippen molar-refractivity contribution >= 4 is 26.6 Å². The molecule has 3 heteroatoms. The Morgan fingerprint density at radius 2 is 2.00 bits per heavy atom. The van der Waals surface area contributed by atoms with E-state index in [1.54, 1.807) is 5.03 Å². The fourth-order valence-electron chi connectivity index (χ4n) is 1.03. The smallest absolute Gasteiger partial charge is 0.303 e. The van der Waals surface area contributed by atoms with E-state index in [4.69, 9.17) is 0 Å².